The summed E-state index contributed by atoms with van der Waals surface area (Å²) in [6, 6.07) is 4.14. The molecule has 2 N–H and O–H groups in total. The molecule has 1 aromatic carbocycles. The van der Waals surface area contributed by atoms with E-state index in [4.69, 9.17) is 4.74 Å². The van der Waals surface area contributed by atoms with Gasteiger partial charge in [-0.2, -0.15) is 0 Å². The minimum Gasteiger partial charge on any atom is -0.383 e. The van der Waals surface area contributed by atoms with Gasteiger partial charge in [0.1, 0.15) is 0 Å². The fraction of sp³-hybridized carbons (Fsp3) is 0.533. The maximum absolute atomic E-state index is 12.3. The summed E-state index contributed by atoms with van der Waals surface area (Å²) in [6.45, 7) is 7.45. The van der Waals surface area contributed by atoms with Gasteiger partial charge in [0.15, 0.2) is 0 Å². The van der Waals surface area contributed by atoms with Crippen LogP contribution in [0.4, 0.5) is 0 Å². The molecule has 0 saturated carbocycles. The molecule has 0 aromatic heterocycles. The van der Waals surface area contributed by atoms with E-state index >= 15 is 0 Å². The Kier molecular flexibility index (Phi) is 6.52. The zero-order chi connectivity index (χ0) is 16.9. The van der Waals surface area contributed by atoms with Crippen LogP contribution in [0.15, 0.2) is 23.1 Å². The van der Waals surface area contributed by atoms with Crippen molar-refractivity contribution in [3.63, 3.8) is 0 Å². The second kappa shape index (κ2) is 7.71. The van der Waals surface area contributed by atoms with Crippen molar-refractivity contribution in [1.82, 2.24) is 10.0 Å². The summed E-state index contributed by atoms with van der Waals surface area (Å²) in [6.07, 6.45) is 0. The number of carbonyl (C=O) groups is 1. The highest BCUT2D eigenvalue weighted by Gasteiger charge is 2.20. The van der Waals surface area contributed by atoms with Crippen molar-refractivity contribution in [1.29, 1.82) is 0 Å². The standard InChI is InChI=1S/C15H24N2O4S/c1-10(2)16-15(18)14-8-13(7-6-11(14)3)22(19,20)17-12(4)9-21-5/h6-8,10,12,17H,9H2,1-5H3,(H,16,18)/t12-/m1/s1. The summed E-state index contributed by atoms with van der Waals surface area (Å²) in [5, 5.41) is 2.77. The molecule has 6 nitrogen and oxygen atoms in total. The minimum absolute atomic E-state index is 0.0213. The van der Waals surface area contributed by atoms with Crippen LogP contribution in [0.2, 0.25) is 0 Å². The Morgan fingerprint density at radius 3 is 2.45 bits per heavy atom. The van der Waals surface area contributed by atoms with Gasteiger partial charge in [0.05, 0.1) is 11.5 Å². The van der Waals surface area contributed by atoms with E-state index < -0.39 is 10.0 Å². The molecule has 0 fully saturated rings. The number of nitrogens with one attached hydrogen (secondary N) is 2. The molecule has 0 spiro atoms. The number of rotatable bonds is 7. The summed E-state index contributed by atoms with van der Waals surface area (Å²) >= 11 is 0. The SMILES string of the molecule is COC[C@@H](C)NS(=O)(=O)c1ccc(C)c(C(=O)NC(C)C)c1. The molecule has 0 unspecified atom stereocenters. The van der Waals surface area contributed by atoms with Gasteiger partial charge in [-0.1, -0.05) is 6.07 Å². The first-order chi connectivity index (χ1) is 10.2. The van der Waals surface area contributed by atoms with Crippen LogP contribution in [0, 0.1) is 6.92 Å². The number of methoxy groups -OCH3 is 1. The van der Waals surface area contributed by atoms with E-state index in [1.165, 1.54) is 19.2 Å². The van der Waals surface area contributed by atoms with Crippen LogP contribution in [-0.4, -0.2) is 40.1 Å². The molecule has 1 rings (SSSR count). The predicted octanol–water partition coefficient (Wildman–Crippen LogP) is 1.45. The van der Waals surface area contributed by atoms with Crippen LogP contribution in [0.3, 0.4) is 0 Å². The van der Waals surface area contributed by atoms with Crippen LogP contribution in [-0.2, 0) is 14.8 Å². The van der Waals surface area contributed by atoms with E-state index in [1.54, 1.807) is 19.9 Å². The average Bonchev–Trinajstić information content (AvgIpc) is 2.37. The summed E-state index contributed by atoms with van der Waals surface area (Å²) < 4.78 is 32.1. The Labute approximate surface area is 132 Å². The Morgan fingerprint density at radius 2 is 1.91 bits per heavy atom. The van der Waals surface area contributed by atoms with E-state index in [9.17, 15) is 13.2 Å². The topological polar surface area (TPSA) is 84.5 Å². The number of sulfonamides is 1. The molecule has 0 aliphatic rings. The smallest absolute Gasteiger partial charge is 0.251 e. The van der Waals surface area contributed by atoms with E-state index in [1.807, 2.05) is 13.8 Å². The lowest BCUT2D eigenvalue weighted by Gasteiger charge is -2.15. The average molecular weight is 328 g/mol. The van der Waals surface area contributed by atoms with Crippen LogP contribution in [0.25, 0.3) is 0 Å². The lowest BCUT2D eigenvalue weighted by molar-refractivity contribution is 0.0942. The van der Waals surface area contributed by atoms with Gasteiger partial charge in [0.25, 0.3) is 5.91 Å². The van der Waals surface area contributed by atoms with Gasteiger partial charge in [0.2, 0.25) is 10.0 Å². The Balaban J connectivity index is 3.09. The van der Waals surface area contributed by atoms with Crippen LogP contribution in [0.1, 0.15) is 36.7 Å². The highest BCUT2D eigenvalue weighted by atomic mass is 32.2. The number of amides is 1. The van der Waals surface area contributed by atoms with Crippen molar-refractivity contribution in [3.05, 3.63) is 29.3 Å². The van der Waals surface area contributed by atoms with Crippen molar-refractivity contribution in [3.8, 4) is 0 Å². The molecule has 0 radical (unpaired) electrons. The third-order valence-corrected chi connectivity index (χ3v) is 4.54. The quantitative estimate of drug-likeness (QED) is 0.793. The van der Waals surface area contributed by atoms with Crippen LogP contribution >= 0.6 is 0 Å². The number of aryl methyl sites for hydroxylation is 1. The summed E-state index contributed by atoms with van der Waals surface area (Å²) in [5.74, 6) is -0.283. The number of carbonyl (C=O) groups excluding carboxylic acids is 1. The van der Waals surface area contributed by atoms with Crippen molar-refractivity contribution >= 4 is 15.9 Å². The molecule has 0 aliphatic heterocycles. The fourth-order valence-corrected chi connectivity index (χ4v) is 3.22. The van der Waals surface area contributed by atoms with E-state index in [-0.39, 0.29) is 29.5 Å². The predicted molar refractivity (Wildman–Crippen MR) is 85.4 cm³/mol. The number of ether oxygens (including phenoxy) is 1. The zero-order valence-corrected chi connectivity index (χ0v) is 14.5. The second-order valence-electron chi connectivity index (χ2n) is 5.58. The first-order valence-electron chi connectivity index (χ1n) is 7.10. The summed E-state index contributed by atoms with van der Waals surface area (Å²) in [7, 11) is -2.19. The Hall–Kier alpha value is -1.44. The van der Waals surface area contributed by atoms with Gasteiger partial charge in [-0.25, -0.2) is 13.1 Å². The molecule has 22 heavy (non-hydrogen) atoms. The lowest BCUT2D eigenvalue weighted by Crippen LogP contribution is -2.36. The fourth-order valence-electron chi connectivity index (χ4n) is 1.97. The Bertz CT molecular complexity index is 626. The van der Waals surface area contributed by atoms with E-state index in [0.717, 1.165) is 5.56 Å². The third kappa shape index (κ3) is 5.08. The highest BCUT2D eigenvalue weighted by molar-refractivity contribution is 7.89. The molecule has 7 heteroatoms. The maximum atomic E-state index is 12.3. The molecule has 0 bridgehead atoms. The minimum atomic E-state index is -3.69. The molecule has 1 atom stereocenters. The van der Waals surface area contributed by atoms with Gasteiger partial charge in [-0.15, -0.1) is 0 Å². The first kappa shape index (κ1) is 18.6. The molecule has 1 amide bonds. The molecular weight excluding hydrogens is 304 g/mol. The van der Waals surface area contributed by atoms with Crippen molar-refractivity contribution in [2.45, 2.75) is 44.7 Å². The number of hydrogen-bond acceptors (Lipinski definition) is 4. The van der Waals surface area contributed by atoms with Gasteiger partial charge >= 0.3 is 0 Å². The maximum Gasteiger partial charge on any atom is 0.251 e. The zero-order valence-electron chi connectivity index (χ0n) is 13.6. The number of hydrogen-bond donors (Lipinski definition) is 2. The lowest BCUT2D eigenvalue weighted by atomic mass is 10.1. The largest absolute Gasteiger partial charge is 0.383 e. The van der Waals surface area contributed by atoms with Crippen molar-refractivity contribution < 1.29 is 17.9 Å². The van der Waals surface area contributed by atoms with Gasteiger partial charge in [-0.3, -0.25) is 4.79 Å². The van der Waals surface area contributed by atoms with Crippen LogP contribution < -0.4 is 10.0 Å². The van der Waals surface area contributed by atoms with Gasteiger partial charge in [-0.05, 0) is 45.4 Å². The van der Waals surface area contributed by atoms with Gasteiger partial charge in [0, 0.05) is 24.8 Å². The monoisotopic (exact) mass is 328 g/mol. The van der Waals surface area contributed by atoms with Crippen molar-refractivity contribution in [2.24, 2.45) is 0 Å². The van der Waals surface area contributed by atoms with Crippen molar-refractivity contribution in [2.75, 3.05) is 13.7 Å². The van der Waals surface area contributed by atoms with E-state index in [0.29, 0.717) is 5.56 Å². The highest BCUT2D eigenvalue weighted by Crippen LogP contribution is 2.16. The van der Waals surface area contributed by atoms with Crippen LogP contribution in [0.5, 0.6) is 0 Å². The Morgan fingerprint density at radius 1 is 1.27 bits per heavy atom. The molecular formula is C15H24N2O4S. The first-order valence-corrected chi connectivity index (χ1v) is 8.58. The van der Waals surface area contributed by atoms with Gasteiger partial charge < -0.3 is 10.1 Å². The molecule has 1 aromatic rings. The summed E-state index contributed by atoms with van der Waals surface area (Å²) in [4.78, 5) is 12.2. The molecule has 0 aliphatic carbocycles. The third-order valence-electron chi connectivity index (χ3n) is 2.96. The molecule has 124 valence electrons. The molecule has 0 saturated heterocycles. The summed E-state index contributed by atoms with van der Waals surface area (Å²) in [5.41, 5.74) is 1.08. The molecule has 0 heterocycles. The second-order valence-corrected chi connectivity index (χ2v) is 7.30. The number of benzene rings is 1. The van der Waals surface area contributed by atoms with E-state index in [2.05, 4.69) is 10.0 Å². The normalized spacial score (nSPS) is 13.2.